The molecule has 0 spiro atoms. The zero-order valence-corrected chi connectivity index (χ0v) is 14.0. The minimum Gasteiger partial charge on any atom is -0.496 e. The van der Waals surface area contributed by atoms with Crippen molar-refractivity contribution in [1.29, 1.82) is 0 Å². The minimum atomic E-state index is -3.48. The Morgan fingerprint density at radius 3 is 2.55 bits per heavy atom. The number of hydrogen-bond donors (Lipinski definition) is 0. The molecule has 0 aliphatic rings. The van der Waals surface area contributed by atoms with E-state index in [-0.39, 0.29) is 10.8 Å². The second-order valence-corrected chi connectivity index (χ2v) is 7.22. The lowest BCUT2D eigenvalue weighted by atomic mass is 10.1. The third-order valence-corrected chi connectivity index (χ3v) is 5.48. The Labute approximate surface area is 126 Å². The molecule has 1 aromatic rings. The summed E-state index contributed by atoms with van der Waals surface area (Å²) in [5.41, 5.74) is 0.673. The number of rotatable bonds is 7. The fraction of sp³-hybridized carbons (Fsp3) is 0.571. The van der Waals surface area contributed by atoms with Crippen molar-refractivity contribution in [1.82, 2.24) is 4.31 Å². The highest BCUT2D eigenvalue weighted by Crippen LogP contribution is 2.25. The van der Waals surface area contributed by atoms with E-state index in [0.717, 1.165) is 6.42 Å². The standard InChI is InChI=1S/C14H22ClNO3S/c1-5-11(2)10-16(3)20(17,18)13-6-7-14(19-4)12(8-13)9-15/h6-8,11H,5,9-10H2,1-4H3. The smallest absolute Gasteiger partial charge is 0.242 e. The number of hydrogen-bond acceptors (Lipinski definition) is 3. The molecule has 0 bridgehead atoms. The molecule has 4 nitrogen and oxygen atoms in total. The molecule has 0 fully saturated rings. The average Bonchev–Trinajstić information content (AvgIpc) is 2.45. The maximum Gasteiger partial charge on any atom is 0.242 e. The lowest BCUT2D eigenvalue weighted by Gasteiger charge is -2.21. The van der Waals surface area contributed by atoms with E-state index in [4.69, 9.17) is 16.3 Å². The van der Waals surface area contributed by atoms with Gasteiger partial charge in [0.25, 0.3) is 0 Å². The van der Waals surface area contributed by atoms with E-state index in [2.05, 4.69) is 0 Å². The summed E-state index contributed by atoms with van der Waals surface area (Å²) in [6.07, 6.45) is 0.940. The van der Waals surface area contributed by atoms with Crippen molar-refractivity contribution < 1.29 is 13.2 Å². The Hall–Kier alpha value is -0.780. The van der Waals surface area contributed by atoms with Crippen LogP contribution in [0.4, 0.5) is 0 Å². The highest BCUT2D eigenvalue weighted by atomic mass is 35.5. The van der Waals surface area contributed by atoms with Gasteiger partial charge in [0.05, 0.1) is 17.9 Å². The van der Waals surface area contributed by atoms with Crippen LogP contribution >= 0.6 is 11.6 Å². The van der Waals surface area contributed by atoms with Crippen LogP contribution in [0, 0.1) is 5.92 Å². The monoisotopic (exact) mass is 319 g/mol. The van der Waals surface area contributed by atoms with Crippen molar-refractivity contribution in [2.24, 2.45) is 5.92 Å². The predicted octanol–water partition coefficient (Wildman–Crippen LogP) is 3.10. The molecule has 0 radical (unpaired) electrons. The molecule has 20 heavy (non-hydrogen) atoms. The van der Waals surface area contributed by atoms with Gasteiger partial charge in [0.15, 0.2) is 0 Å². The fourth-order valence-corrected chi connectivity index (χ4v) is 3.42. The first-order valence-electron chi connectivity index (χ1n) is 6.56. The van der Waals surface area contributed by atoms with Gasteiger partial charge in [-0.15, -0.1) is 11.6 Å². The number of nitrogens with zero attached hydrogens (tertiary/aromatic N) is 1. The second-order valence-electron chi connectivity index (χ2n) is 4.91. The number of methoxy groups -OCH3 is 1. The summed E-state index contributed by atoms with van der Waals surface area (Å²) in [6.45, 7) is 4.58. The lowest BCUT2D eigenvalue weighted by Crippen LogP contribution is -2.31. The second kappa shape index (κ2) is 7.29. The van der Waals surface area contributed by atoms with E-state index in [0.29, 0.717) is 23.8 Å². The van der Waals surface area contributed by atoms with Crippen molar-refractivity contribution in [3.05, 3.63) is 23.8 Å². The van der Waals surface area contributed by atoms with Crippen LogP contribution in [0.5, 0.6) is 5.75 Å². The molecule has 0 amide bonds. The molecule has 0 aliphatic carbocycles. The number of ether oxygens (including phenoxy) is 1. The Morgan fingerprint density at radius 1 is 1.40 bits per heavy atom. The van der Waals surface area contributed by atoms with Gasteiger partial charge in [-0.1, -0.05) is 20.3 Å². The average molecular weight is 320 g/mol. The van der Waals surface area contributed by atoms with E-state index in [9.17, 15) is 8.42 Å². The predicted molar refractivity (Wildman–Crippen MR) is 81.8 cm³/mol. The summed E-state index contributed by atoms with van der Waals surface area (Å²) in [4.78, 5) is 0.250. The van der Waals surface area contributed by atoms with Crippen LogP contribution in [-0.2, 0) is 15.9 Å². The van der Waals surface area contributed by atoms with Gasteiger partial charge in [-0.25, -0.2) is 12.7 Å². The Bertz CT molecular complexity index is 545. The van der Waals surface area contributed by atoms with Crippen LogP contribution in [0.1, 0.15) is 25.8 Å². The highest BCUT2D eigenvalue weighted by Gasteiger charge is 2.23. The minimum absolute atomic E-state index is 0.210. The van der Waals surface area contributed by atoms with Crippen molar-refractivity contribution >= 4 is 21.6 Å². The van der Waals surface area contributed by atoms with Crippen molar-refractivity contribution in [3.63, 3.8) is 0 Å². The van der Waals surface area contributed by atoms with Gasteiger partial charge in [-0.3, -0.25) is 0 Å². The molecule has 1 rings (SSSR count). The van der Waals surface area contributed by atoms with Crippen LogP contribution in [0.2, 0.25) is 0 Å². The number of benzene rings is 1. The van der Waals surface area contributed by atoms with E-state index >= 15 is 0 Å². The Morgan fingerprint density at radius 2 is 2.05 bits per heavy atom. The third kappa shape index (κ3) is 3.87. The molecule has 1 unspecified atom stereocenters. The molecular formula is C14H22ClNO3S. The quantitative estimate of drug-likeness (QED) is 0.725. The summed E-state index contributed by atoms with van der Waals surface area (Å²) in [5, 5.41) is 0. The van der Waals surface area contributed by atoms with Crippen LogP contribution in [-0.4, -0.2) is 33.4 Å². The van der Waals surface area contributed by atoms with Crippen LogP contribution < -0.4 is 4.74 Å². The first-order chi connectivity index (χ1) is 9.36. The summed E-state index contributed by atoms with van der Waals surface area (Å²) in [7, 11) is -0.343. The lowest BCUT2D eigenvalue weighted by molar-refractivity contribution is 0.393. The number of halogens is 1. The maximum atomic E-state index is 12.5. The molecule has 0 saturated heterocycles. The molecule has 0 heterocycles. The van der Waals surface area contributed by atoms with Gasteiger partial charge in [0.1, 0.15) is 5.75 Å². The topological polar surface area (TPSA) is 46.6 Å². The number of alkyl halides is 1. The van der Waals surface area contributed by atoms with E-state index < -0.39 is 10.0 Å². The van der Waals surface area contributed by atoms with Crippen LogP contribution in [0.3, 0.4) is 0 Å². The first kappa shape index (κ1) is 17.3. The van der Waals surface area contributed by atoms with Gasteiger partial charge in [0.2, 0.25) is 10.0 Å². The Kier molecular flexibility index (Phi) is 6.30. The number of sulfonamides is 1. The molecular weight excluding hydrogens is 298 g/mol. The Balaban J connectivity index is 3.09. The van der Waals surface area contributed by atoms with Gasteiger partial charge < -0.3 is 4.74 Å². The highest BCUT2D eigenvalue weighted by molar-refractivity contribution is 7.89. The van der Waals surface area contributed by atoms with Crippen LogP contribution in [0.15, 0.2) is 23.1 Å². The van der Waals surface area contributed by atoms with E-state index in [1.54, 1.807) is 25.2 Å². The molecule has 1 aromatic carbocycles. The molecule has 1 atom stereocenters. The van der Waals surface area contributed by atoms with Gasteiger partial charge in [-0.2, -0.15) is 0 Å². The van der Waals surface area contributed by atoms with E-state index in [1.165, 1.54) is 11.4 Å². The van der Waals surface area contributed by atoms with Crippen LogP contribution in [0.25, 0.3) is 0 Å². The van der Waals surface area contributed by atoms with Gasteiger partial charge >= 0.3 is 0 Å². The summed E-state index contributed by atoms with van der Waals surface area (Å²) in [6, 6.07) is 4.77. The SMILES string of the molecule is CCC(C)CN(C)S(=O)(=O)c1ccc(OC)c(CCl)c1. The largest absolute Gasteiger partial charge is 0.496 e. The van der Waals surface area contributed by atoms with Gasteiger partial charge in [0, 0.05) is 19.2 Å². The van der Waals surface area contributed by atoms with Crippen molar-refractivity contribution in [3.8, 4) is 5.75 Å². The van der Waals surface area contributed by atoms with Gasteiger partial charge in [-0.05, 0) is 24.1 Å². The normalized spacial score (nSPS) is 13.5. The summed E-state index contributed by atoms with van der Waals surface area (Å²) < 4.78 is 31.5. The summed E-state index contributed by atoms with van der Waals surface area (Å²) >= 11 is 5.83. The van der Waals surface area contributed by atoms with Crippen molar-refractivity contribution in [2.45, 2.75) is 31.0 Å². The summed E-state index contributed by atoms with van der Waals surface area (Å²) in [5.74, 6) is 1.13. The van der Waals surface area contributed by atoms with E-state index in [1.807, 2.05) is 13.8 Å². The molecule has 0 N–H and O–H groups in total. The molecule has 0 aliphatic heterocycles. The fourth-order valence-electron chi connectivity index (χ4n) is 1.87. The zero-order chi connectivity index (χ0) is 15.3. The first-order valence-corrected chi connectivity index (χ1v) is 8.53. The van der Waals surface area contributed by atoms with Crippen molar-refractivity contribution in [2.75, 3.05) is 20.7 Å². The zero-order valence-electron chi connectivity index (χ0n) is 12.4. The maximum absolute atomic E-state index is 12.5. The molecule has 114 valence electrons. The molecule has 0 aromatic heterocycles. The third-order valence-electron chi connectivity index (χ3n) is 3.37. The molecule has 0 saturated carbocycles. The molecule has 6 heteroatoms.